The van der Waals surface area contributed by atoms with Gasteiger partial charge in [-0.3, -0.25) is 9.78 Å². The van der Waals surface area contributed by atoms with Crippen molar-refractivity contribution in [2.45, 2.75) is 38.1 Å². The molecule has 1 unspecified atom stereocenters. The summed E-state index contributed by atoms with van der Waals surface area (Å²) < 4.78 is 7.24. The number of rotatable bonds is 3. The third kappa shape index (κ3) is 3.02. The minimum Gasteiger partial charge on any atom is -0.381 e. The zero-order chi connectivity index (χ0) is 18.3. The number of para-hydroxylation sites is 1. The van der Waals surface area contributed by atoms with Gasteiger partial charge in [0.05, 0.1) is 11.9 Å². The van der Waals surface area contributed by atoms with Crippen molar-refractivity contribution in [1.29, 1.82) is 0 Å². The zero-order valence-electron chi connectivity index (χ0n) is 15.1. The fourth-order valence-corrected chi connectivity index (χ4v) is 4.53. The molecule has 3 heterocycles. The third-order valence-corrected chi connectivity index (χ3v) is 6.04. The Balaban J connectivity index is 1.43. The molecule has 2 aromatic heterocycles. The Morgan fingerprint density at radius 1 is 1.19 bits per heavy atom. The van der Waals surface area contributed by atoms with Crippen molar-refractivity contribution in [3.8, 4) is 5.69 Å². The van der Waals surface area contributed by atoms with Crippen molar-refractivity contribution in [3.63, 3.8) is 0 Å². The lowest BCUT2D eigenvalue weighted by Crippen LogP contribution is -2.29. The van der Waals surface area contributed by atoms with Crippen molar-refractivity contribution in [2.24, 2.45) is 5.41 Å². The molecule has 1 spiro atoms. The van der Waals surface area contributed by atoms with E-state index in [4.69, 9.17) is 4.74 Å². The Bertz CT molecular complexity index is 1000. The highest BCUT2D eigenvalue weighted by atomic mass is 16.5. The van der Waals surface area contributed by atoms with E-state index in [1.807, 2.05) is 30.3 Å². The van der Waals surface area contributed by atoms with E-state index in [1.54, 1.807) is 10.9 Å². The second kappa shape index (κ2) is 6.49. The molecule has 3 aromatic rings. The van der Waals surface area contributed by atoms with E-state index in [9.17, 15) is 4.79 Å². The average Bonchev–Trinajstić information content (AvgIpc) is 3.28. The van der Waals surface area contributed by atoms with Gasteiger partial charge in [-0.05, 0) is 49.7 Å². The van der Waals surface area contributed by atoms with Crippen LogP contribution >= 0.6 is 0 Å². The number of fused-ring (bicyclic) bond motifs is 1. The van der Waals surface area contributed by atoms with Crippen molar-refractivity contribution in [1.82, 2.24) is 19.7 Å². The van der Waals surface area contributed by atoms with Crippen molar-refractivity contribution in [2.75, 3.05) is 18.5 Å². The maximum Gasteiger partial charge on any atom is 0.263 e. The van der Waals surface area contributed by atoms with Crippen LogP contribution in [0.4, 0.5) is 5.95 Å². The summed E-state index contributed by atoms with van der Waals surface area (Å²) >= 11 is 0. The van der Waals surface area contributed by atoms with Crippen molar-refractivity contribution < 1.29 is 4.74 Å². The summed E-state index contributed by atoms with van der Waals surface area (Å²) in [6.45, 7) is 1.73. The van der Waals surface area contributed by atoms with Gasteiger partial charge >= 0.3 is 0 Å². The molecule has 0 bridgehead atoms. The Morgan fingerprint density at radius 3 is 2.81 bits per heavy atom. The van der Waals surface area contributed by atoms with Crippen molar-refractivity contribution in [3.05, 3.63) is 46.9 Å². The second-order valence-electron chi connectivity index (χ2n) is 7.74. The number of benzene rings is 1. The van der Waals surface area contributed by atoms with E-state index in [0.29, 0.717) is 28.4 Å². The Kier molecular flexibility index (Phi) is 3.97. The fourth-order valence-electron chi connectivity index (χ4n) is 4.53. The van der Waals surface area contributed by atoms with Gasteiger partial charge in [0.15, 0.2) is 5.65 Å². The number of hydrogen-bond donors (Lipinski definition) is 2. The lowest BCUT2D eigenvalue weighted by atomic mass is 9.79. The molecular formula is C20H23N5O2. The molecule has 5 rings (SSSR count). The predicted molar refractivity (Wildman–Crippen MR) is 103 cm³/mol. The molecule has 0 amide bonds. The number of aromatic amines is 1. The van der Waals surface area contributed by atoms with E-state index < -0.39 is 0 Å². The number of anilines is 1. The van der Waals surface area contributed by atoms with Gasteiger partial charge in [0.1, 0.15) is 5.39 Å². The molecule has 1 saturated carbocycles. The van der Waals surface area contributed by atoms with E-state index in [0.717, 1.165) is 44.6 Å². The summed E-state index contributed by atoms with van der Waals surface area (Å²) in [4.78, 5) is 20.1. The van der Waals surface area contributed by atoms with E-state index in [1.165, 1.54) is 6.42 Å². The van der Waals surface area contributed by atoms with Crippen LogP contribution in [0.3, 0.4) is 0 Å². The van der Waals surface area contributed by atoms with E-state index in [-0.39, 0.29) is 5.56 Å². The minimum absolute atomic E-state index is 0.163. The SMILES string of the molecule is O=c1[nH]c(NC2CCC3(CCOCC3)C2)nc2c1cnn2-c1ccccc1. The predicted octanol–water partition coefficient (Wildman–Crippen LogP) is 2.87. The molecule has 1 saturated heterocycles. The molecule has 7 heteroatoms. The smallest absolute Gasteiger partial charge is 0.263 e. The molecule has 2 fully saturated rings. The number of nitrogens with one attached hydrogen (secondary N) is 2. The number of nitrogens with zero attached hydrogens (tertiary/aromatic N) is 3. The number of ether oxygens (including phenoxy) is 1. The molecule has 27 heavy (non-hydrogen) atoms. The highest BCUT2D eigenvalue weighted by Crippen LogP contribution is 2.46. The quantitative estimate of drug-likeness (QED) is 0.745. The summed E-state index contributed by atoms with van der Waals surface area (Å²) in [7, 11) is 0. The highest BCUT2D eigenvalue weighted by molar-refractivity contribution is 5.76. The van der Waals surface area contributed by atoms with Gasteiger partial charge in [0.2, 0.25) is 5.95 Å². The van der Waals surface area contributed by atoms with Crippen LogP contribution in [0.15, 0.2) is 41.3 Å². The maximum absolute atomic E-state index is 12.5. The van der Waals surface area contributed by atoms with Crippen LogP contribution < -0.4 is 10.9 Å². The first-order valence-electron chi connectivity index (χ1n) is 9.60. The summed E-state index contributed by atoms with van der Waals surface area (Å²) in [5, 5.41) is 8.32. The number of hydrogen-bond acceptors (Lipinski definition) is 5. The Labute approximate surface area is 156 Å². The molecule has 2 aliphatic rings. The van der Waals surface area contributed by atoms with Gasteiger partial charge in [-0.2, -0.15) is 10.1 Å². The van der Waals surface area contributed by atoms with Crippen LogP contribution in [-0.4, -0.2) is 39.0 Å². The normalized spacial score (nSPS) is 21.7. The summed E-state index contributed by atoms with van der Waals surface area (Å²) in [5.41, 5.74) is 1.69. The van der Waals surface area contributed by atoms with E-state index >= 15 is 0 Å². The average molecular weight is 365 g/mol. The number of H-pyrrole nitrogens is 1. The summed E-state index contributed by atoms with van der Waals surface area (Å²) in [6, 6.07) is 10.1. The molecule has 2 N–H and O–H groups in total. The van der Waals surface area contributed by atoms with Crippen LogP contribution in [0.1, 0.15) is 32.1 Å². The molecule has 1 aromatic carbocycles. The Hall–Kier alpha value is -2.67. The second-order valence-corrected chi connectivity index (χ2v) is 7.74. The van der Waals surface area contributed by atoms with Gasteiger partial charge in [-0.1, -0.05) is 18.2 Å². The number of aromatic nitrogens is 4. The largest absolute Gasteiger partial charge is 0.381 e. The molecule has 1 atom stereocenters. The molecule has 1 aliphatic heterocycles. The van der Waals surface area contributed by atoms with E-state index in [2.05, 4.69) is 20.4 Å². The van der Waals surface area contributed by atoms with Gasteiger partial charge in [-0.25, -0.2) is 4.68 Å². The third-order valence-electron chi connectivity index (χ3n) is 6.04. The van der Waals surface area contributed by atoms with Gasteiger partial charge < -0.3 is 10.1 Å². The van der Waals surface area contributed by atoms with Gasteiger partial charge in [-0.15, -0.1) is 0 Å². The first-order chi connectivity index (χ1) is 13.2. The topological polar surface area (TPSA) is 84.8 Å². The first-order valence-corrected chi connectivity index (χ1v) is 9.60. The molecule has 0 radical (unpaired) electrons. The van der Waals surface area contributed by atoms with Crippen LogP contribution in [0.2, 0.25) is 0 Å². The van der Waals surface area contributed by atoms with Crippen LogP contribution in [0.25, 0.3) is 16.7 Å². The van der Waals surface area contributed by atoms with Crippen LogP contribution in [-0.2, 0) is 4.74 Å². The summed E-state index contributed by atoms with van der Waals surface area (Å²) in [6.07, 6.45) is 7.26. The van der Waals surface area contributed by atoms with Gasteiger partial charge in [0, 0.05) is 19.3 Å². The molecular weight excluding hydrogens is 342 g/mol. The molecule has 1 aliphatic carbocycles. The minimum atomic E-state index is -0.163. The zero-order valence-corrected chi connectivity index (χ0v) is 15.1. The fraction of sp³-hybridized carbons (Fsp3) is 0.450. The lowest BCUT2D eigenvalue weighted by Gasteiger charge is -2.33. The van der Waals surface area contributed by atoms with Crippen LogP contribution in [0.5, 0.6) is 0 Å². The monoisotopic (exact) mass is 365 g/mol. The lowest BCUT2D eigenvalue weighted by molar-refractivity contribution is 0.0178. The van der Waals surface area contributed by atoms with Crippen LogP contribution in [0, 0.1) is 5.41 Å². The molecule has 7 nitrogen and oxygen atoms in total. The molecule has 140 valence electrons. The standard InChI is InChI=1S/C20H23N5O2/c26-18-16-13-21-25(15-4-2-1-3-5-15)17(16)23-19(24-18)22-14-6-7-20(12-14)8-10-27-11-9-20/h1-5,13-14H,6-12H2,(H2,22,23,24,26). The van der Waals surface area contributed by atoms with Gasteiger partial charge in [0.25, 0.3) is 5.56 Å². The highest BCUT2D eigenvalue weighted by Gasteiger charge is 2.40. The first kappa shape index (κ1) is 16.5. The summed E-state index contributed by atoms with van der Waals surface area (Å²) in [5.74, 6) is 0.527. The maximum atomic E-state index is 12.5. The Morgan fingerprint density at radius 2 is 2.00 bits per heavy atom. The van der Waals surface area contributed by atoms with Crippen molar-refractivity contribution >= 4 is 17.0 Å².